The van der Waals surface area contributed by atoms with Crippen molar-refractivity contribution in [1.82, 2.24) is 0 Å². The number of alkyl halides is 3. The first-order chi connectivity index (χ1) is 9.70. The predicted molar refractivity (Wildman–Crippen MR) is 73.7 cm³/mol. The molecule has 4 nitrogen and oxygen atoms in total. The molecule has 1 aliphatic rings. The molecule has 0 aliphatic carbocycles. The van der Waals surface area contributed by atoms with Crippen molar-refractivity contribution >= 4 is 15.5 Å². The van der Waals surface area contributed by atoms with Crippen molar-refractivity contribution in [2.45, 2.75) is 29.8 Å². The van der Waals surface area contributed by atoms with E-state index in [4.69, 9.17) is 5.73 Å². The van der Waals surface area contributed by atoms with Crippen molar-refractivity contribution in [3.05, 3.63) is 24.3 Å². The first-order valence-electron chi connectivity index (χ1n) is 6.57. The Morgan fingerprint density at radius 1 is 1.33 bits per heavy atom. The van der Waals surface area contributed by atoms with Crippen LogP contribution in [-0.4, -0.2) is 33.1 Å². The second-order valence-electron chi connectivity index (χ2n) is 5.18. The summed E-state index contributed by atoms with van der Waals surface area (Å²) in [5.74, 6) is 0.205. The molecule has 1 saturated heterocycles. The Balaban J connectivity index is 2.53. The Kier molecular flexibility index (Phi) is 4.21. The molecule has 118 valence electrons. The fraction of sp³-hybridized carbons (Fsp3) is 0.538. The highest BCUT2D eigenvalue weighted by Gasteiger charge is 2.48. The first-order valence-corrected chi connectivity index (χ1v) is 8.05. The van der Waals surface area contributed by atoms with Crippen molar-refractivity contribution < 1.29 is 21.6 Å². The molecule has 0 spiro atoms. The van der Waals surface area contributed by atoms with Gasteiger partial charge in [0.1, 0.15) is 0 Å². The molecular weight excluding hydrogens is 305 g/mol. The minimum absolute atomic E-state index is 0.0784. The lowest BCUT2D eigenvalue weighted by atomic mass is 10.0. The Bertz CT molecular complexity index is 616. The summed E-state index contributed by atoms with van der Waals surface area (Å²) in [5, 5.41) is 0. The van der Waals surface area contributed by atoms with Crippen LogP contribution >= 0.6 is 0 Å². The second-order valence-corrected chi connectivity index (χ2v) is 7.09. The summed E-state index contributed by atoms with van der Waals surface area (Å²) < 4.78 is 61.9. The van der Waals surface area contributed by atoms with Crippen LogP contribution in [0.1, 0.15) is 13.3 Å². The number of hydrogen-bond acceptors (Lipinski definition) is 4. The fourth-order valence-corrected chi connectivity index (χ4v) is 3.68. The van der Waals surface area contributed by atoms with E-state index in [9.17, 15) is 21.6 Å². The zero-order valence-corrected chi connectivity index (χ0v) is 12.3. The monoisotopic (exact) mass is 322 g/mol. The SMILES string of the molecule is CC1CCN(c2ccccc2S(=O)(=O)C(F)(F)F)C1CN. The van der Waals surface area contributed by atoms with Gasteiger partial charge in [-0.05, 0) is 24.5 Å². The van der Waals surface area contributed by atoms with E-state index in [2.05, 4.69) is 0 Å². The minimum Gasteiger partial charge on any atom is -0.366 e. The lowest BCUT2D eigenvalue weighted by Crippen LogP contribution is -2.39. The van der Waals surface area contributed by atoms with Crippen molar-refractivity contribution in [2.24, 2.45) is 11.7 Å². The molecule has 0 aromatic heterocycles. The quantitative estimate of drug-likeness (QED) is 0.926. The molecule has 1 fully saturated rings. The van der Waals surface area contributed by atoms with Crippen LogP contribution in [0.4, 0.5) is 18.9 Å². The third-order valence-corrected chi connectivity index (χ3v) is 5.43. The minimum atomic E-state index is -5.38. The lowest BCUT2D eigenvalue weighted by Gasteiger charge is -2.29. The molecule has 0 saturated carbocycles. The van der Waals surface area contributed by atoms with Gasteiger partial charge in [-0.1, -0.05) is 19.1 Å². The van der Waals surface area contributed by atoms with Crippen LogP contribution in [0.15, 0.2) is 29.2 Å². The average molecular weight is 322 g/mol. The maximum atomic E-state index is 12.8. The normalized spacial score (nSPS) is 23.6. The summed E-state index contributed by atoms with van der Waals surface area (Å²) in [4.78, 5) is 0.966. The van der Waals surface area contributed by atoms with Crippen LogP contribution in [0.5, 0.6) is 0 Å². The predicted octanol–water partition coefficient (Wildman–Crippen LogP) is 2.15. The Labute approximate surface area is 121 Å². The summed E-state index contributed by atoms with van der Waals surface area (Å²) >= 11 is 0. The number of sulfone groups is 1. The number of hydrogen-bond donors (Lipinski definition) is 1. The summed E-state index contributed by atoms with van der Waals surface area (Å²) in [6, 6.07) is 5.06. The molecule has 0 bridgehead atoms. The Morgan fingerprint density at radius 2 is 1.95 bits per heavy atom. The van der Waals surface area contributed by atoms with Gasteiger partial charge < -0.3 is 10.6 Å². The number of nitrogens with two attached hydrogens (primary N) is 1. The molecule has 0 radical (unpaired) electrons. The van der Waals surface area contributed by atoms with Gasteiger partial charge in [-0.15, -0.1) is 0 Å². The van der Waals surface area contributed by atoms with Gasteiger partial charge in [0.05, 0.1) is 10.6 Å². The molecule has 2 unspecified atom stereocenters. The summed E-state index contributed by atoms with van der Waals surface area (Å²) in [7, 11) is -5.38. The van der Waals surface area contributed by atoms with Crippen molar-refractivity contribution in [2.75, 3.05) is 18.0 Å². The van der Waals surface area contributed by atoms with Crippen LogP contribution in [0.25, 0.3) is 0 Å². The highest BCUT2D eigenvalue weighted by atomic mass is 32.2. The van der Waals surface area contributed by atoms with Crippen LogP contribution in [0.2, 0.25) is 0 Å². The molecule has 0 amide bonds. The van der Waals surface area contributed by atoms with E-state index in [1.54, 1.807) is 4.90 Å². The molecule has 1 aliphatic heterocycles. The van der Waals surface area contributed by atoms with Gasteiger partial charge >= 0.3 is 5.51 Å². The second kappa shape index (κ2) is 5.49. The lowest BCUT2D eigenvalue weighted by molar-refractivity contribution is -0.0435. The van der Waals surface area contributed by atoms with Crippen LogP contribution in [0.3, 0.4) is 0 Å². The zero-order chi connectivity index (χ0) is 15.8. The zero-order valence-electron chi connectivity index (χ0n) is 11.5. The largest absolute Gasteiger partial charge is 0.501 e. The smallest absolute Gasteiger partial charge is 0.366 e. The number of anilines is 1. The topological polar surface area (TPSA) is 63.4 Å². The molecule has 8 heteroatoms. The molecule has 2 rings (SSSR count). The van der Waals surface area contributed by atoms with Gasteiger partial charge in [0, 0.05) is 19.1 Å². The molecule has 1 aromatic carbocycles. The molecule has 21 heavy (non-hydrogen) atoms. The van der Waals surface area contributed by atoms with Crippen LogP contribution in [-0.2, 0) is 9.84 Å². The third-order valence-electron chi connectivity index (χ3n) is 3.89. The average Bonchev–Trinajstić information content (AvgIpc) is 2.78. The van der Waals surface area contributed by atoms with E-state index in [-0.39, 0.29) is 24.2 Å². The number of para-hydroxylation sites is 1. The van der Waals surface area contributed by atoms with Gasteiger partial charge in [-0.2, -0.15) is 13.2 Å². The molecule has 2 atom stereocenters. The van der Waals surface area contributed by atoms with Gasteiger partial charge in [-0.3, -0.25) is 0 Å². The fourth-order valence-electron chi connectivity index (χ4n) is 2.71. The molecule has 1 aromatic rings. The maximum absolute atomic E-state index is 12.8. The van der Waals surface area contributed by atoms with E-state index >= 15 is 0 Å². The summed E-state index contributed by atoms with van der Waals surface area (Å²) in [6.45, 7) is 2.72. The summed E-state index contributed by atoms with van der Waals surface area (Å²) in [5.41, 5.74) is 0.449. The number of rotatable bonds is 3. The van der Waals surface area contributed by atoms with Gasteiger partial charge in [0.15, 0.2) is 0 Å². The number of halogens is 3. The summed E-state index contributed by atoms with van der Waals surface area (Å²) in [6.07, 6.45) is 0.766. The maximum Gasteiger partial charge on any atom is 0.501 e. The Hall–Kier alpha value is -1.28. The standard InChI is InChI=1S/C13H17F3N2O2S/c1-9-6-7-18(11(9)8-17)10-4-2-3-5-12(10)21(19,20)13(14,15)16/h2-5,9,11H,6-8,17H2,1H3. The van der Waals surface area contributed by atoms with E-state index in [0.29, 0.717) is 6.54 Å². The van der Waals surface area contributed by atoms with Gasteiger partial charge in [-0.25, -0.2) is 8.42 Å². The number of nitrogens with zero attached hydrogens (tertiary/aromatic N) is 1. The van der Waals surface area contributed by atoms with Crippen LogP contribution in [0, 0.1) is 5.92 Å². The Morgan fingerprint density at radius 3 is 2.52 bits per heavy atom. The van der Waals surface area contributed by atoms with E-state index in [1.165, 1.54) is 18.2 Å². The van der Waals surface area contributed by atoms with Gasteiger partial charge in [0.25, 0.3) is 9.84 Å². The van der Waals surface area contributed by atoms with Gasteiger partial charge in [0.2, 0.25) is 0 Å². The third kappa shape index (κ3) is 2.74. The van der Waals surface area contributed by atoms with Crippen molar-refractivity contribution in [3.63, 3.8) is 0 Å². The highest BCUT2D eigenvalue weighted by molar-refractivity contribution is 7.92. The van der Waals surface area contributed by atoms with Crippen molar-refractivity contribution in [3.8, 4) is 0 Å². The first kappa shape index (κ1) is 16.1. The molecule has 2 N–H and O–H groups in total. The van der Waals surface area contributed by atoms with E-state index in [0.717, 1.165) is 12.5 Å². The number of benzene rings is 1. The van der Waals surface area contributed by atoms with E-state index < -0.39 is 20.2 Å². The molecule has 1 heterocycles. The van der Waals surface area contributed by atoms with Crippen molar-refractivity contribution in [1.29, 1.82) is 0 Å². The van der Waals surface area contributed by atoms with Crippen LogP contribution < -0.4 is 10.6 Å². The highest BCUT2D eigenvalue weighted by Crippen LogP contribution is 2.38. The van der Waals surface area contributed by atoms with E-state index in [1.807, 2.05) is 6.92 Å². The molecular formula is C13H17F3N2O2S.